The Morgan fingerprint density at radius 3 is 2.10 bits per heavy atom. The second-order valence-electron chi connectivity index (χ2n) is 2.01. The maximum Gasteiger partial charge on any atom is 0.0700 e. The molecule has 0 spiro atoms. The molecule has 0 saturated heterocycles. The summed E-state index contributed by atoms with van der Waals surface area (Å²) in [5.41, 5.74) is 0. The first-order valence-corrected chi connectivity index (χ1v) is 3.77. The molecule has 0 aliphatic heterocycles. The van der Waals surface area contributed by atoms with Gasteiger partial charge in [-0.1, -0.05) is 6.92 Å². The molecule has 0 rings (SSSR count). The molecular formula is C8H16O2. The van der Waals surface area contributed by atoms with Crippen LogP contribution in [0.5, 0.6) is 0 Å². The molecule has 0 atom stereocenters. The highest BCUT2D eigenvalue weighted by atomic mass is 16.5. The van der Waals surface area contributed by atoms with E-state index in [2.05, 4.69) is 6.92 Å². The molecule has 0 amide bonds. The van der Waals surface area contributed by atoms with E-state index < -0.39 is 0 Å². The average Bonchev–Trinajstić information content (AvgIpc) is 1.97. The second kappa shape index (κ2) is 8.92. The van der Waals surface area contributed by atoms with Gasteiger partial charge in [0.15, 0.2) is 0 Å². The highest BCUT2D eigenvalue weighted by Crippen LogP contribution is 1.82. The standard InChI is InChI=1S/C8H16O2/c1-3-5-9-7-8-10-6-4-2/h1H,3-8H2,2H3. The van der Waals surface area contributed by atoms with Gasteiger partial charge in [0.2, 0.25) is 0 Å². The Hall–Kier alpha value is -0.0800. The predicted octanol–water partition coefficient (Wildman–Crippen LogP) is 1.53. The third-order valence-corrected chi connectivity index (χ3v) is 0.983. The Morgan fingerprint density at radius 1 is 1.00 bits per heavy atom. The molecule has 0 aromatic rings. The molecule has 0 aromatic heterocycles. The Bertz CT molecular complexity index is 47.2. The highest BCUT2D eigenvalue weighted by molar-refractivity contribution is 4.36. The summed E-state index contributed by atoms with van der Waals surface area (Å²) in [6.45, 7) is 10.1. The lowest BCUT2D eigenvalue weighted by Gasteiger charge is -2.02. The van der Waals surface area contributed by atoms with Crippen LogP contribution in [-0.4, -0.2) is 26.4 Å². The van der Waals surface area contributed by atoms with Crippen LogP contribution in [0.15, 0.2) is 0 Å². The fraction of sp³-hybridized carbons (Fsp3) is 0.875. The lowest BCUT2D eigenvalue weighted by molar-refractivity contribution is 0.0496. The molecule has 0 saturated carbocycles. The first-order valence-electron chi connectivity index (χ1n) is 3.77. The third-order valence-electron chi connectivity index (χ3n) is 0.983. The van der Waals surface area contributed by atoms with Gasteiger partial charge >= 0.3 is 0 Å². The van der Waals surface area contributed by atoms with Crippen molar-refractivity contribution in [3.05, 3.63) is 6.92 Å². The van der Waals surface area contributed by atoms with Crippen LogP contribution >= 0.6 is 0 Å². The topological polar surface area (TPSA) is 18.5 Å². The van der Waals surface area contributed by atoms with Gasteiger partial charge < -0.3 is 9.47 Å². The van der Waals surface area contributed by atoms with Gasteiger partial charge in [-0.05, 0) is 19.8 Å². The summed E-state index contributed by atoms with van der Waals surface area (Å²) in [6, 6.07) is 0. The molecule has 0 unspecified atom stereocenters. The fourth-order valence-corrected chi connectivity index (χ4v) is 0.550. The van der Waals surface area contributed by atoms with E-state index in [1.807, 2.05) is 0 Å². The van der Waals surface area contributed by atoms with Gasteiger partial charge in [-0.3, -0.25) is 0 Å². The number of hydrogen-bond donors (Lipinski definition) is 0. The lowest BCUT2D eigenvalue weighted by atomic mass is 10.5. The van der Waals surface area contributed by atoms with Crippen LogP contribution < -0.4 is 0 Å². The normalized spacial score (nSPS) is 10.2. The lowest BCUT2D eigenvalue weighted by Crippen LogP contribution is -2.05. The third kappa shape index (κ3) is 7.92. The maximum atomic E-state index is 5.20. The van der Waals surface area contributed by atoms with Gasteiger partial charge in [0, 0.05) is 13.2 Å². The van der Waals surface area contributed by atoms with Crippen molar-refractivity contribution in [1.82, 2.24) is 0 Å². The quantitative estimate of drug-likeness (QED) is 0.504. The largest absolute Gasteiger partial charge is 0.379 e. The summed E-state index contributed by atoms with van der Waals surface area (Å²) in [7, 11) is 0. The number of rotatable bonds is 7. The van der Waals surface area contributed by atoms with E-state index in [1.54, 1.807) is 0 Å². The summed E-state index contributed by atoms with van der Waals surface area (Å²) in [5, 5.41) is 0. The van der Waals surface area contributed by atoms with Crippen molar-refractivity contribution in [3.8, 4) is 0 Å². The predicted molar refractivity (Wildman–Crippen MR) is 40.8 cm³/mol. The molecule has 0 heterocycles. The van der Waals surface area contributed by atoms with Crippen molar-refractivity contribution >= 4 is 0 Å². The number of hydrogen-bond acceptors (Lipinski definition) is 2. The van der Waals surface area contributed by atoms with E-state index in [1.165, 1.54) is 0 Å². The summed E-state index contributed by atoms with van der Waals surface area (Å²) < 4.78 is 10.2. The Balaban J connectivity index is 2.65. The van der Waals surface area contributed by atoms with Crippen LogP contribution in [0.3, 0.4) is 0 Å². The fourth-order valence-electron chi connectivity index (χ4n) is 0.550. The monoisotopic (exact) mass is 144 g/mol. The molecule has 2 radical (unpaired) electrons. The van der Waals surface area contributed by atoms with Crippen LogP contribution in [0, 0.1) is 6.92 Å². The molecule has 0 N–H and O–H groups in total. The van der Waals surface area contributed by atoms with Crippen molar-refractivity contribution in [2.45, 2.75) is 19.8 Å². The van der Waals surface area contributed by atoms with E-state index in [4.69, 9.17) is 16.4 Å². The highest BCUT2D eigenvalue weighted by Gasteiger charge is 1.85. The minimum Gasteiger partial charge on any atom is -0.379 e. The van der Waals surface area contributed by atoms with E-state index in [-0.39, 0.29) is 0 Å². The van der Waals surface area contributed by atoms with E-state index in [0.717, 1.165) is 13.0 Å². The van der Waals surface area contributed by atoms with Gasteiger partial charge in [0.25, 0.3) is 0 Å². The molecule has 60 valence electrons. The molecule has 10 heavy (non-hydrogen) atoms. The average molecular weight is 144 g/mol. The zero-order chi connectivity index (χ0) is 7.66. The SMILES string of the molecule is [CH]CCOCCOCCC. The van der Waals surface area contributed by atoms with Crippen LogP contribution in [0.2, 0.25) is 0 Å². The maximum absolute atomic E-state index is 5.20. The molecular weight excluding hydrogens is 128 g/mol. The van der Waals surface area contributed by atoms with Crippen LogP contribution in [0.4, 0.5) is 0 Å². The van der Waals surface area contributed by atoms with Crippen molar-refractivity contribution in [3.63, 3.8) is 0 Å². The van der Waals surface area contributed by atoms with Gasteiger partial charge in [-0.25, -0.2) is 0 Å². The van der Waals surface area contributed by atoms with Crippen LogP contribution in [-0.2, 0) is 9.47 Å². The molecule has 0 fully saturated rings. The van der Waals surface area contributed by atoms with E-state index >= 15 is 0 Å². The number of ether oxygens (including phenoxy) is 2. The summed E-state index contributed by atoms with van der Waals surface area (Å²) in [6.07, 6.45) is 1.66. The molecule has 0 aromatic carbocycles. The van der Waals surface area contributed by atoms with E-state index in [9.17, 15) is 0 Å². The smallest absolute Gasteiger partial charge is 0.0700 e. The van der Waals surface area contributed by atoms with Crippen molar-refractivity contribution in [2.24, 2.45) is 0 Å². The van der Waals surface area contributed by atoms with Crippen LogP contribution in [0.1, 0.15) is 19.8 Å². The Kier molecular flexibility index (Phi) is 8.85. The van der Waals surface area contributed by atoms with Crippen molar-refractivity contribution < 1.29 is 9.47 Å². The summed E-state index contributed by atoms with van der Waals surface area (Å²) in [5.74, 6) is 0. The second-order valence-corrected chi connectivity index (χ2v) is 2.01. The summed E-state index contributed by atoms with van der Waals surface area (Å²) in [4.78, 5) is 0. The van der Waals surface area contributed by atoms with E-state index in [0.29, 0.717) is 26.2 Å². The molecule has 0 bridgehead atoms. The Labute approximate surface area is 63.5 Å². The minimum atomic E-state index is 0.591. The van der Waals surface area contributed by atoms with Crippen molar-refractivity contribution in [1.29, 1.82) is 0 Å². The first-order chi connectivity index (χ1) is 4.91. The van der Waals surface area contributed by atoms with Gasteiger partial charge in [-0.15, -0.1) is 0 Å². The molecule has 0 aliphatic carbocycles. The van der Waals surface area contributed by atoms with Crippen LogP contribution in [0.25, 0.3) is 0 Å². The van der Waals surface area contributed by atoms with Gasteiger partial charge in [0.05, 0.1) is 13.2 Å². The van der Waals surface area contributed by atoms with Gasteiger partial charge in [0.1, 0.15) is 0 Å². The zero-order valence-electron chi connectivity index (χ0n) is 6.64. The Morgan fingerprint density at radius 2 is 1.60 bits per heavy atom. The molecule has 0 aliphatic rings. The minimum absolute atomic E-state index is 0.591. The zero-order valence-corrected chi connectivity index (χ0v) is 6.64. The van der Waals surface area contributed by atoms with Gasteiger partial charge in [-0.2, -0.15) is 0 Å². The first kappa shape index (κ1) is 9.92. The van der Waals surface area contributed by atoms with Crippen molar-refractivity contribution in [2.75, 3.05) is 26.4 Å². The summed E-state index contributed by atoms with van der Waals surface area (Å²) >= 11 is 0. The molecule has 2 heteroatoms. The molecule has 2 nitrogen and oxygen atoms in total.